The van der Waals surface area contributed by atoms with Crippen LogP contribution in [0.15, 0.2) is 18.2 Å². The third-order valence-electron chi connectivity index (χ3n) is 3.88. The zero-order chi connectivity index (χ0) is 13.8. The first-order valence-electron chi connectivity index (χ1n) is 7.06. The third-order valence-corrected chi connectivity index (χ3v) is 4.18. The molecule has 0 bridgehead atoms. The van der Waals surface area contributed by atoms with E-state index in [-0.39, 0.29) is 12.6 Å². The number of aliphatic hydroxyl groups excluding tert-OH is 1. The second-order valence-corrected chi connectivity index (χ2v) is 5.76. The van der Waals surface area contributed by atoms with Crippen molar-refractivity contribution in [2.75, 3.05) is 18.1 Å². The van der Waals surface area contributed by atoms with Crippen LogP contribution in [-0.4, -0.2) is 24.3 Å². The Labute approximate surface area is 120 Å². The molecule has 1 aromatic rings. The van der Waals surface area contributed by atoms with E-state index in [9.17, 15) is 0 Å². The van der Waals surface area contributed by atoms with Crippen molar-refractivity contribution in [2.24, 2.45) is 5.73 Å². The molecule has 2 unspecified atom stereocenters. The fraction of sp³-hybridized carbons (Fsp3) is 0.600. The molecule has 0 saturated carbocycles. The van der Waals surface area contributed by atoms with E-state index < -0.39 is 0 Å². The lowest BCUT2D eigenvalue weighted by molar-refractivity contribution is 0.279. The number of nitrogens with zero attached hydrogens (tertiary/aromatic N) is 1. The highest BCUT2D eigenvalue weighted by Crippen LogP contribution is 2.34. The highest BCUT2D eigenvalue weighted by atomic mass is 35.5. The molecule has 0 aliphatic carbocycles. The first-order valence-corrected chi connectivity index (χ1v) is 7.44. The van der Waals surface area contributed by atoms with E-state index in [4.69, 9.17) is 22.4 Å². The van der Waals surface area contributed by atoms with Crippen LogP contribution in [0.5, 0.6) is 0 Å². The molecular weight excluding hydrogens is 260 g/mol. The summed E-state index contributed by atoms with van der Waals surface area (Å²) >= 11 is 6.41. The largest absolute Gasteiger partial charge is 0.396 e. The normalized spacial score (nSPS) is 20.8. The summed E-state index contributed by atoms with van der Waals surface area (Å²) in [7, 11) is 0. The fourth-order valence-electron chi connectivity index (χ4n) is 2.82. The summed E-state index contributed by atoms with van der Waals surface area (Å²) in [4.78, 5) is 2.38. The van der Waals surface area contributed by atoms with Crippen LogP contribution < -0.4 is 10.6 Å². The Balaban J connectivity index is 2.16. The average molecular weight is 283 g/mol. The molecule has 3 N–H and O–H groups in total. The van der Waals surface area contributed by atoms with Gasteiger partial charge in [-0.05, 0) is 50.3 Å². The Kier molecular flexibility index (Phi) is 5.08. The molecule has 1 saturated heterocycles. The Morgan fingerprint density at radius 3 is 2.95 bits per heavy atom. The van der Waals surface area contributed by atoms with E-state index in [0.29, 0.717) is 6.04 Å². The van der Waals surface area contributed by atoms with E-state index in [0.717, 1.165) is 35.7 Å². The predicted molar refractivity (Wildman–Crippen MR) is 80.7 cm³/mol. The van der Waals surface area contributed by atoms with Gasteiger partial charge in [-0.1, -0.05) is 17.7 Å². The summed E-state index contributed by atoms with van der Waals surface area (Å²) in [6.45, 7) is 3.28. The molecule has 1 fully saturated rings. The quantitative estimate of drug-likeness (QED) is 0.872. The van der Waals surface area contributed by atoms with Gasteiger partial charge in [0.25, 0.3) is 0 Å². The highest BCUT2D eigenvalue weighted by molar-refractivity contribution is 6.33. The van der Waals surface area contributed by atoms with Gasteiger partial charge in [0, 0.05) is 25.2 Å². The maximum atomic E-state index is 8.98. The number of hydrogen-bond donors (Lipinski definition) is 2. The minimum absolute atomic E-state index is 0.00955. The standard InChI is InChI=1S/C15H23ClN2O/c1-11(17)12-6-7-15(14(16)10-12)18-8-2-4-13(18)5-3-9-19/h6-7,10-11,13,19H,2-5,8-9,17H2,1H3. The monoisotopic (exact) mass is 282 g/mol. The van der Waals surface area contributed by atoms with Gasteiger partial charge in [-0.15, -0.1) is 0 Å². The van der Waals surface area contributed by atoms with Crippen molar-refractivity contribution < 1.29 is 5.11 Å². The molecule has 2 atom stereocenters. The number of rotatable bonds is 5. The summed E-state index contributed by atoms with van der Waals surface area (Å²) in [5, 5.41) is 9.76. The summed E-state index contributed by atoms with van der Waals surface area (Å²) in [6, 6.07) is 6.63. The zero-order valence-electron chi connectivity index (χ0n) is 11.5. The molecule has 0 spiro atoms. The molecule has 4 heteroatoms. The summed E-state index contributed by atoms with van der Waals surface area (Å²) < 4.78 is 0. The van der Waals surface area contributed by atoms with Crippen molar-refractivity contribution >= 4 is 17.3 Å². The van der Waals surface area contributed by atoms with Gasteiger partial charge in [0.15, 0.2) is 0 Å². The van der Waals surface area contributed by atoms with Gasteiger partial charge < -0.3 is 15.7 Å². The maximum Gasteiger partial charge on any atom is 0.0642 e. The van der Waals surface area contributed by atoms with Crippen molar-refractivity contribution in [3.8, 4) is 0 Å². The lowest BCUT2D eigenvalue weighted by Crippen LogP contribution is -2.29. The number of nitrogens with two attached hydrogens (primary N) is 1. The van der Waals surface area contributed by atoms with Gasteiger partial charge in [0.1, 0.15) is 0 Å². The van der Waals surface area contributed by atoms with Crippen LogP contribution in [-0.2, 0) is 0 Å². The van der Waals surface area contributed by atoms with Crippen LogP contribution in [0.4, 0.5) is 5.69 Å². The first-order chi connectivity index (χ1) is 9.13. The van der Waals surface area contributed by atoms with Gasteiger partial charge in [0.2, 0.25) is 0 Å². The second kappa shape index (κ2) is 6.60. The van der Waals surface area contributed by atoms with Gasteiger partial charge in [0.05, 0.1) is 10.7 Å². The molecule has 3 nitrogen and oxygen atoms in total. The van der Waals surface area contributed by atoms with Crippen molar-refractivity contribution in [3.63, 3.8) is 0 Å². The summed E-state index contributed by atoms with van der Waals surface area (Å²) in [5.74, 6) is 0. The van der Waals surface area contributed by atoms with E-state index in [1.807, 2.05) is 13.0 Å². The highest BCUT2D eigenvalue weighted by Gasteiger charge is 2.25. The van der Waals surface area contributed by atoms with Crippen LogP contribution in [0.1, 0.15) is 44.2 Å². The van der Waals surface area contributed by atoms with Gasteiger partial charge in [-0.3, -0.25) is 0 Å². The Morgan fingerprint density at radius 1 is 1.53 bits per heavy atom. The van der Waals surface area contributed by atoms with E-state index in [1.165, 1.54) is 12.8 Å². The number of benzene rings is 1. The van der Waals surface area contributed by atoms with Gasteiger partial charge >= 0.3 is 0 Å². The molecule has 1 aliphatic heterocycles. The molecule has 0 aromatic heterocycles. The van der Waals surface area contributed by atoms with Crippen molar-refractivity contribution in [2.45, 2.75) is 44.7 Å². The van der Waals surface area contributed by atoms with Crippen LogP contribution in [0.3, 0.4) is 0 Å². The molecule has 0 radical (unpaired) electrons. The van der Waals surface area contributed by atoms with Crippen molar-refractivity contribution in [3.05, 3.63) is 28.8 Å². The summed E-state index contributed by atoms with van der Waals surface area (Å²) in [6.07, 6.45) is 4.27. The van der Waals surface area contributed by atoms with Crippen LogP contribution in [0.25, 0.3) is 0 Å². The molecule has 106 valence electrons. The maximum absolute atomic E-state index is 8.98. The van der Waals surface area contributed by atoms with E-state index in [2.05, 4.69) is 17.0 Å². The van der Waals surface area contributed by atoms with Crippen molar-refractivity contribution in [1.82, 2.24) is 0 Å². The van der Waals surface area contributed by atoms with Crippen molar-refractivity contribution in [1.29, 1.82) is 0 Å². The number of hydrogen-bond acceptors (Lipinski definition) is 3. The molecular formula is C15H23ClN2O. The second-order valence-electron chi connectivity index (χ2n) is 5.35. The number of halogens is 1. The topological polar surface area (TPSA) is 49.5 Å². The minimum Gasteiger partial charge on any atom is -0.396 e. The predicted octanol–water partition coefficient (Wildman–Crippen LogP) is 3.10. The molecule has 1 aromatic carbocycles. The minimum atomic E-state index is 0.00955. The van der Waals surface area contributed by atoms with Crippen LogP contribution in [0.2, 0.25) is 5.02 Å². The Morgan fingerprint density at radius 2 is 2.32 bits per heavy atom. The average Bonchev–Trinajstić information content (AvgIpc) is 2.84. The SMILES string of the molecule is CC(N)c1ccc(N2CCCC2CCCO)c(Cl)c1. The number of anilines is 1. The molecule has 1 heterocycles. The van der Waals surface area contributed by atoms with E-state index >= 15 is 0 Å². The lowest BCUT2D eigenvalue weighted by atomic mass is 10.1. The lowest BCUT2D eigenvalue weighted by Gasteiger charge is -2.28. The Hall–Kier alpha value is -0.770. The van der Waals surface area contributed by atoms with Crippen LogP contribution >= 0.6 is 11.6 Å². The molecule has 2 rings (SSSR count). The molecule has 0 amide bonds. The van der Waals surface area contributed by atoms with Gasteiger partial charge in [-0.25, -0.2) is 0 Å². The fourth-order valence-corrected chi connectivity index (χ4v) is 3.12. The smallest absolute Gasteiger partial charge is 0.0642 e. The molecule has 1 aliphatic rings. The first kappa shape index (κ1) is 14.6. The summed E-state index contributed by atoms with van der Waals surface area (Å²) in [5.41, 5.74) is 8.05. The van der Waals surface area contributed by atoms with Crippen LogP contribution in [0, 0.1) is 0 Å². The number of aliphatic hydroxyl groups is 1. The van der Waals surface area contributed by atoms with E-state index in [1.54, 1.807) is 0 Å². The Bertz CT molecular complexity index is 423. The van der Waals surface area contributed by atoms with Gasteiger partial charge in [-0.2, -0.15) is 0 Å². The molecule has 19 heavy (non-hydrogen) atoms. The third kappa shape index (κ3) is 3.41. The zero-order valence-corrected chi connectivity index (χ0v) is 12.2.